The molecule has 1 amide bonds. The van der Waals surface area contributed by atoms with Crippen molar-refractivity contribution in [1.82, 2.24) is 9.88 Å². The fourth-order valence-electron chi connectivity index (χ4n) is 3.23. The molecule has 2 aromatic rings. The van der Waals surface area contributed by atoms with Gasteiger partial charge in [-0.1, -0.05) is 24.1 Å². The van der Waals surface area contributed by atoms with E-state index >= 15 is 0 Å². The van der Waals surface area contributed by atoms with Crippen molar-refractivity contribution in [2.45, 2.75) is 44.6 Å². The van der Waals surface area contributed by atoms with Crippen LogP contribution in [-0.2, 0) is 24.2 Å². The SMILES string of the molecule is O=C(Cc1c(F)cccc1Cl)N1CCc2oc(C3CCC3)nc2C1. The Kier molecular flexibility index (Phi) is 4.04. The Labute approximate surface area is 144 Å². The quantitative estimate of drug-likeness (QED) is 0.846. The average molecular weight is 349 g/mol. The van der Waals surface area contributed by atoms with Gasteiger partial charge in [-0.2, -0.15) is 0 Å². The molecule has 0 saturated heterocycles. The highest BCUT2D eigenvalue weighted by Gasteiger charge is 2.30. The van der Waals surface area contributed by atoms with E-state index in [1.807, 2.05) is 0 Å². The standard InChI is InChI=1S/C18H18ClFN2O2/c19-13-5-2-6-14(20)12(13)9-17(23)22-8-7-16-15(10-22)21-18(24-16)11-3-1-4-11/h2,5-6,11H,1,3-4,7-10H2. The van der Waals surface area contributed by atoms with E-state index in [0.29, 0.717) is 25.4 Å². The molecule has 4 rings (SSSR count). The van der Waals surface area contributed by atoms with Crippen molar-refractivity contribution in [1.29, 1.82) is 0 Å². The maximum Gasteiger partial charge on any atom is 0.227 e. The molecule has 0 unspecified atom stereocenters. The van der Waals surface area contributed by atoms with Crippen molar-refractivity contribution in [2.75, 3.05) is 6.54 Å². The third-order valence-electron chi connectivity index (χ3n) is 4.94. The fraction of sp³-hybridized carbons (Fsp3) is 0.444. The van der Waals surface area contributed by atoms with Gasteiger partial charge in [-0.3, -0.25) is 4.79 Å². The number of halogens is 2. The number of hydrogen-bond donors (Lipinski definition) is 0. The topological polar surface area (TPSA) is 46.3 Å². The number of oxazole rings is 1. The van der Waals surface area contributed by atoms with Crippen LogP contribution in [0, 0.1) is 5.82 Å². The van der Waals surface area contributed by atoms with Gasteiger partial charge in [-0.05, 0) is 25.0 Å². The number of aromatic nitrogens is 1. The highest BCUT2D eigenvalue weighted by atomic mass is 35.5. The number of hydrogen-bond acceptors (Lipinski definition) is 3. The summed E-state index contributed by atoms with van der Waals surface area (Å²) in [5, 5.41) is 0.287. The zero-order valence-corrected chi connectivity index (χ0v) is 14.0. The van der Waals surface area contributed by atoms with E-state index in [2.05, 4.69) is 4.98 Å². The Morgan fingerprint density at radius 3 is 2.96 bits per heavy atom. The highest BCUT2D eigenvalue weighted by Crippen LogP contribution is 2.37. The summed E-state index contributed by atoms with van der Waals surface area (Å²) < 4.78 is 19.7. The van der Waals surface area contributed by atoms with Crippen LogP contribution in [0.25, 0.3) is 0 Å². The highest BCUT2D eigenvalue weighted by molar-refractivity contribution is 6.31. The molecule has 0 atom stereocenters. The molecular weight excluding hydrogens is 331 g/mol. The first-order chi connectivity index (χ1) is 11.6. The third-order valence-corrected chi connectivity index (χ3v) is 5.30. The Morgan fingerprint density at radius 2 is 2.25 bits per heavy atom. The Balaban J connectivity index is 1.47. The number of carbonyl (C=O) groups is 1. The van der Waals surface area contributed by atoms with Gasteiger partial charge >= 0.3 is 0 Å². The molecule has 1 saturated carbocycles. The molecule has 0 radical (unpaired) electrons. The van der Waals surface area contributed by atoms with Crippen molar-refractivity contribution in [3.8, 4) is 0 Å². The van der Waals surface area contributed by atoms with Crippen molar-refractivity contribution >= 4 is 17.5 Å². The van der Waals surface area contributed by atoms with E-state index in [4.69, 9.17) is 16.0 Å². The van der Waals surface area contributed by atoms with Crippen molar-refractivity contribution < 1.29 is 13.6 Å². The van der Waals surface area contributed by atoms with Gasteiger partial charge < -0.3 is 9.32 Å². The molecule has 0 spiro atoms. The zero-order valence-electron chi connectivity index (χ0n) is 13.2. The second-order valence-electron chi connectivity index (χ2n) is 6.49. The molecule has 4 nitrogen and oxygen atoms in total. The molecule has 0 bridgehead atoms. The summed E-state index contributed by atoms with van der Waals surface area (Å²) in [4.78, 5) is 18.8. The van der Waals surface area contributed by atoms with Gasteiger partial charge in [0.15, 0.2) is 5.89 Å². The minimum Gasteiger partial charge on any atom is -0.445 e. The number of benzene rings is 1. The largest absolute Gasteiger partial charge is 0.445 e. The molecule has 6 heteroatoms. The van der Waals surface area contributed by atoms with Crippen LogP contribution in [0.15, 0.2) is 22.6 Å². The van der Waals surface area contributed by atoms with Crippen LogP contribution < -0.4 is 0 Å². The van der Waals surface area contributed by atoms with Gasteiger partial charge in [0.1, 0.15) is 17.3 Å². The van der Waals surface area contributed by atoms with Crippen LogP contribution in [-0.4, -0.2) is 22.3 Å². The number of nitrogens with zero attached hydrogens (tertiary/aromatic N) is 2. The number of fused-ring (bicyclic) bond motifs is 1. The molecule has 1 fully saturated rings. The van der Waals surface area contributed by atoms with E-state index in [0.717, 1.165) is 30.2 Å². The van der Waals surface area contributed by atoms with Crippen LogP contribution in [0.4, 0.5) is 4.39 Å². The lowest BCUT2D eigenvalue weighted by Crippen LogP contribution is -2.37. The van der Waals surface area contributed by atoms with E-state index in [-0.39, 0.29) is 22.9 Å². The number of rotatable bonds is 3. The first-order valence-corrected chi connectivity index (χ1v) is 8.68. The molecule has 1 aliphatic heterocycles. The molecule has 2 heterocycles. The lowest BCUT2D eigenvalue weighted by Gasteiger charge is -2.25. The number of carbonyl (C=O) groups excluding carboxylic acids is 1. The van der Waals surface area contributed by atoms with Gasteiger partial charge in [0.2, 0.25) is 5.91 Å². The maximum atomic E-state index is 13.9. The van der Waals surface area contributed by atoms with Crippen LogP contribution in [0.5, 0.6) is 0 Å². The first kappa shape index (κ1) is 15.6. The summed E-state index contributed by atoms with van der Waals surface area (Å²) in [7, 11) is 0. The summed E-state index contributed by atoms with van der Waals surface area (Å²) in [6.45, 7) is 0.994. The van der Waals surface area contributed by atoms with Gasteiger partial charge in [-0.15, -0.1) is 0 Å². The van der Waals surface area contributed by atoms with E-state index < -0.39 is 5.82 Å². The molecule has 1 aromatic carbocycles. The summed E-state index contributed by atoms with van der Waals surface area (Å²) in [5.74, 6) is 1.57. The van der Waals surface area contributed by atoms with Crippen LogP contribution in [0.1, 0.15) is 48.1 Å². The summed E-state index contributed by atoms with van der Waals surface area (Å²) >= 11 is 6.02. The second kappa shape index (κ2) is 6.20. The smallest absolute Gasteiger partial charge is 0.227 e. The molecule has 2 aliphatic rings. The van der Waals surface area contributed by atoms with Crippen LogP contribution >= 0.6 is 11.6 Å². The average Bonchev–Trinajstić information content (AvgIpc) is 2.91. The van der Waals surface area contributed by atoms with E-state index in [9.17, 15) is 9.18 Å². The molecule has 126 valence electrons. The second-order valence-corrected chi connectivity index (χ2v) is 6.90. The van der Waals surface area contributed by atoms with E-state index in [1.54, 1.807) is 11.0 Å². The minimum absolute atomic E-state index is 0.0336. The normalized spacial score (nSPS) is 17.5. The zero-order chi connectivity index (χ0) is 16.7. The summed E-state index contributed by atoms with van der Waals surface area (Å²) in [5.41, 5.74) is 1.10. The molecule has 1 aliphatic carbocycles. The van der Waals surface area contributed by atoms with Crippen LogP contribution in [0.3, 0.4) is 0 Å². The Bertz CT molecular complexity index is 765. The fourth-order valence-corrected chi connectivity index (χ4v) is 3.46. The molecule has 1 aromatic heterocycles. The van der Waals surface area contributed by atoms with Crippen LogP contribution in [0.2, 0.25) is 5.02 Å². The van der Waals surface area contributed by atoms with Gasteiger partial charge in [0.05, 0.1) is 13.0 Å². The third kappa shape index (κ3) is 2.81. The van der Waals surface area contributed by atoms with Gasteiger partial charge in [0.25, 0.3) is 0 Å². The van der Waals surface area contributed by atoms with Crippen molar-refractivity contribution in [3.05, 3.63) is 51.9 Å². The van der Waals surface area contributed by atoms with Gasteiger partial charge in [0, 0.05) is 29.5 Å². The van der Waals surface area contributed by atoms with Crippen molar-refractivity contribution in [2.24, 2.45) is 0 Å². The Hall–Kier alpha value is -1.88. The first-order valence-electron chi connectivity index (χ1n) is 8.31. The summed E-state index contributed by atoms with van der Waals surface area (Å²) in [6, 6.07) is 4.46. The monoisotopic (exact) mass is 348 g/mol. The minimum atomic E-state index is -0.442. The summed E-state index contributed by atoms with van der Waals surface area (Å²) in [6.07, 6.45) is 4.12. The van der Waals surface area contributed by atoms with E-state index in [1.165, 1.54) is 18.6 Å². The lowest BCUT2D eigenvalue weighted by atomic mass is 9.85. The maximum absolute atomic E-state index is 13.9. The number of amides is 1. The Morgan fingerprint density at radius 1 is 1.42 bits per heavy atom. The molecular formula is C18H18ClFN2O2. The molecule has 24 heavy (non-hydrogen) atoms. The van der Waals surface area contributed by atoms with Gasteiger partial charge in [-0.25, -0.2) is 9.37 Å². The predicted molar refractivity (Wildman–Crippen MR) is 87.3 cm³/mol. The predicted octanol–water partition coefficient (Wildman–Crippen LogP) is 3.86. The molecule has 0 N–H and O–H groups in total. The van der Waals surface area contributed by atoms with Crippen molar-refractivity contribution in [3.63, 3.8) is 0 Å². The lowest BCUT2D eigenvalue weighted by molar-refractivity contribution is -0.131.